The second kappa shape index (κ2) is 5.62. The average molecular weight is 264 g/mol. The van der Waals surface area contributed by atoms with E-state index in [2.05, 4.69) is 5.10 Å². The molecule has 5 nitrogen and oxygen atoms in total. The van der Waals surface area contributed by atoms with Crippen LogP contribution in [-0.2, 0) is 11.3 Å². The van der Waals surface area contributed by atoms with Gasteiger partial charge in [-0.2, -0.15) is 5.10 Å². The Labute approximate surface area is 109 Å². The smallest absolute Gasteiger partial charge is 0.338 e. The normalized spacial score (nSPS) is 10.6. The maximum absolute atomic E-state index is 14.0. The summed E-state index contributed by atoms with van der Waals surface area (Å²) < 4.78 is 20.6. The van der Waals surface area contributed by atoms with Crippen LogP contribution in [0.25, 0.3) is 11.1 Å². The molecule has 0 radical (unpaired) electrons. The zero-order chi connectivity index (χ0) is 13.8. The predicted molar refractivity (Wildman–Crippen MR) is 66.5 cm³/mol. The minimum atomic E-state index is -1.29. The van der Waals surface area contributed by atoms with Gasteiger partial charge in [0.05, 0.1) is 24.9 Å². The van der Waals surface area contributed by atoms with Crippen LogP contribution in [0.2, 0.25) is 0 Å². The summed E-state index contributed by atoms with van der Waals surface area (Å²) in [5, 5.41) is 12.9. The van der Waals surface area contributed by atoms with E-state index < -0.39 is 11.8 Å². The molecule has 100 valence electrons. The fourth-order valence-corrected chi connectivity index (χ4v) is 1.73. The molecule has 0 atom stereocenters. The van der Waals surface area contributed by atoms with E-state index in [4.69, 9.17) is 9.84 Å². The topological polar surface area (TPSA) is 64.3 Å². The van der Waals surface area contributed by atoms with Gasteiger partial charge < -0.3 is 9.84 Å². The van der Waals surface area contributed by atoms with E-state index >= 15 is 0 Å². The number of benzene rings is 1. The third-order valence-electron chi connectivity index (χ3n) is 2.70. The van der Waals surface area contributed by atoms with Crippen LogP contribution in [0, 0.1) is 5.82 Å². The molecule has 0 saturated carbocycles. The molecule has 0 bridgehead atoms. The highest BCUT2D eigenvalue weighted by Crippen LogP contribution is 2.24. The van der Waals surface area contributed by atoms with Crippen molar-refractivity contribution in [1.29, 1.82) is 0 Å². The minimum absolute atomic E-state index is 0.226. The Kier molecular flexibility index (Phi) is 3.91. The lowest BCUT2D eigenvalue weighted by Crippen LogP contribution is -2.04. The highest BCUT2D eigenvalue weighted by Gasteiger charge is 2.15. The molecule has 1 heterocycles. The first-order chi connectivity index (χ1) is 9.13. The van der Waals surface area contributed by atoms with Crippen molar-refractivity contribution in [3.8, 4) is 11.1 Å². The molecule has 1 aromatic carbocycles. The van der Waals surface area contributed by atoms with Crippen LogP contribution in [0.15, 0.2) is 30.6 Å². The third kappa shape index (κ3) is 2.79. The summed E-state index contributed by atoms with van der Waals surface area (Å²) in [4.78, 5) is 10.9. The van der Waals surface area contributed by atoms with E-state index in [0.717, 1.165) is 0 Å². The zero-order valence-electron chi connectivity index (χ0n) is 10.3. The fraction of sp³-hybridized carbons (Fsp3) is 0.231. The number of carbonyl (C=O) groups is 1. The van der Waals surface area contributed by atoms with E-state index in [-0.39, 0.29) is 11.1 Å². The van der Waals surface area contributed by atoms with Crippen molar-refractivity contribution in [3.05, 3.63) is 42.0 Å². The molecule has 2 rings (SSSR count). The molecule has 2 aromatic rings. The van der Waals surface area contributed by atoms with Crippen LogP contribution in [0.4, 0.5) is 4.39 Å². The Balaban J connectivity index is 2.34. The molecule has 0 saturated heterocycles. The summed E-state index contributed by atoms with van der Waals surface area (Å²) in [6, 6.07) is 4.27. The van der Waals surface area contributed by atoms with Crippen molar-refractivity contribution in [2.45, 2.75) is 6.54 Å². The summed E-state index contributed by atoms with van der Waals surface area (Å²) in [5.74, 6) is -2.03. The van der Waals surface area contributed by atoms with E-state index in [0.29, 0.717) is 18.7 Å². The number of methoxy groups -OCH3 is 1. The highest BCUT2D eigenvalue weighted by atomic mass is 19.1. The Morgan fingerprint density at radius 3 is 3.00 bits per heavy atom. The van der Waals surface area contributed by atoms with Gasteiger partial charge in [0.2, 0.25) is 0 Å². The number of carboxylic acid groups (broad SMARTS) is 1. The Bertz CT molecular complexity index is 595. The summed E-state index contributed by atoms with van der Waals surface area (Å²) in [6.45, 7) is 1.05. The van der Waals surface area contributed by atoms with Gasteiger partial charge in [-0.05, 0) is 6.07 Å². The maximum Gasteiger partial charge on any atom is 0.338 e. The van der Waals surface area contributed by atoms with E-state index in [9.17, 15) is 9.18 Å². The lowest BCUT2D eigenvalue weighted by atomic mass is 10.1. The van der Waals surface area contributed by atoms with E-state index in [1.807, 2.05) is 0 Å². The van der Waals surface area contributed by atoms with Gasteiger partial charge in [0.15, 0.2) is 0 Å². The quantitative estimate of drug-likeness (QED) is 0.897. The van der Waals surface area contributed by atoms with Crippen LogP contribution in [-0.4, -0.2) is 34.6 Å². The monoisotopic (exact) mass is 264 g/mol. The lowest BCUT2D eigenvalue weighted by molar-refractivity contribution is 0.0692. The van der Waals surface area contributed by atoms with Crippen molar-refractivity contribution in [2.75, 3.05) is 13.7 Å². The van der Waals surface area contributed by atoms with Crippen molar-refractivity contribution in [3.63, 3.8) is 0 Å². The zero-order valence-corrected chi connectivity index (χ0v) is 10.3. The van der Waals surface area contributed by atoms with Crippen molar-refractivity contribution < 1.29 is 19.0 Å². The van der Waals surface area contributed by atoms with Gasteiger partial charge in [-0.15, -0.1) is 0 Å². The second-order valence-electron chi connectivity index (χ2n) is 3.96. The van der Waals surface area contributed by atoms with E-state index in [1.54, 1.807) is 18.0 Å². The summed E-state index contributed by atoms with van der Waals surface area (Å²) in [5.41, 5.74) is 0.419. The Morgan fingerprint density at radius 1 is 1.53 bits per heavy atom. The lowest BCUT2D eigenvalue weighted by Gasteiger charge is -2.03. The minimum Gasteiger partial charge on any atom is -0.478 e. The molecule has 0 unspecified atom stereocenters. The average Bonchev–Trinajstić information content (AvgIpc) is 2.84. The second-order valence-corrected chi connectivity index (χ2v) is 3.96. The first-order valence-electron chi connectivity index (χ1n) is 5.67. The number of hydrogen-bond donors (Lipinski definition) is 1. The number of rotatable bonds is 5. The summed E-state index contributed by atoms with van der Waals surface area (Å²) in [6.07, 6.45) is 3.16. The maximum atomic E-state index is 14.0. The number of aromatic nitrogens is 2. The largest absolute Gasteiger partial charge is 0.478 e. The molecule has 1 N–H and O–H groups in total. The van der Waals surface area contributed by atoms with Crippen LogP contribution in [0.5, 0.6) is 0 Å². The van der Waals surface area contributed by atoms with Gasteiger partial charge in [0, 0.05) is 24.4 Å². The molecular weight excluding hydrogens is 251 g/mol. The van der Waals surface area contributed by atoms with Crippen molar-refractivity contribution in [1.82, 2.24) is 9.78 Å². The summed E-state index contributed by atoms with van der Waals surface area (Å²) in [7, 11) is 1.58. The number of carboxylic acids is 1. The number of ether oxygens (including phenoxy) is 1. The first-order valence-corrected chi connectivity index (χ1v) is 5.67. The molecule has 0 spiro atoms. The molecule has 0 aliphatic rings. The van der Waals surface area contributed by atoms with Gasteiger partial charge in [-0.3, -0.25) is 4.68 Å². The first kappa shape index (κ1) is 13.2. The number of hydrogen-bond acceptors (Lipinski definition) is 3. The highest BCUT2D eigenvalue weighted by molar-refractivity contribution is 5.89. The van der Waals surface area contributed by atoms with Crippen LogP contribution in [0.3, 0.4) is 0 Å². The van der Waals surface area contributed by atoms with E-state index in [1.165, 1.54) is 24.4 Å². The van der Waals surface area contributed by atoms with Gasteiger partial charge in [0.25, 0.3) is 0 Å². The van der Waals surface area contributed by atoms with Crippen molar-refractivity contribution in [2.24, 2.45) is 0 Å². The molecular formula is C13H13FN2O3. The molecule has 6 heteroatoms. The SMILES string of the molecule is COCCn1cc(-c2cccc(C(=O)O)c2F)cn1. The molecule has 0 amide bonds. The van der Waals surface area contributed by atoms with Gasteiger partial charge in [-0.1, -0.05) is 12.1 Å². The Morgan fingerprint density at radius 2 is 2.32 bits per heavy atom. The standard InChI is InChI=1S/C13H13FN2O3/c1-19-6-5-16-8-9(7-15-16)10-3-2-4-11(12(10)14)13(17)18/h2-4,7-8H,5-6H2,1H3,(H,17,18). The molecule has 0 aliphatic heterocycles. The Hall–Kier alpha value is -2.21. The predicted octanol–water partition coefficient (Wildman–Crippen LogP) is 2.03. The van der Waals surface area contributed by atoms with Crippen LogP contribution < -0.4 is 0 Å². The van der Waals surface area contributed by atoms with Crippen LogP contribution >= 0.6 is 0 Å². The van der Waals surface area contributed by atoms with Crippen molar-refractivity contribution >= 4 is 5.97 Å². The number of aromatic carboxylic acids is 1. The molecule has 19 heavy (non-hydrogen) atoms. The molecule has 0 fully saturated rings. The molecule has 0 aliphatic carbocycles. The molecule has 1 aromatic heterocycles. The van der Waals surface area contributed by atoms with Crippen LogP contribution in [0.1, 0.15) is 10.4 Å². The third-order valence-corrected chi connectivity index (χ3v) is 2.70. The van der Waals surface area contributed by atoms with Gasteiger partial charge in [-0.25, -0.2) is 9.18 Å². The number of halogens is 1. The number of nitrogens with zero attached hydrogens (tertiary/aromatic N) is 2. The van der Waals surface area contributed by atoms with Gasteiger partial charge >= 0.3 is 5.97 Å². The fourth-order valence-electron chi connectivity index (χ4n) is 1.73. The van der Waals surface area contributed by atoms with Gasteiger partial charge in [0.1, 0.15) is 5.82 Å². The summed E-state index contributed by atoms with van der Waals surface area (Å²) >= 11 is 0.